The van der Waals surface area contributed by atoms with E-state index in [9.17, 15) is 0 Å². The molecule has 3 nitrogen and oxygen atoms in total. The molecule has 112 valence electrons. The molecule has 0 aliphatic carbocycles. The summed E-state index contributed by atoms with van der Waals surface area (Å²) in [6.45, 7) is 2.18. The molecule has 0 fully saturated rings. The van der Waals surface area contributed by atoms with Crippen molar-refractivity contribution in [2.75, 3.05) is 9.80 Å². The van der Waals surface area contributed by atoms with Gasteiger partial charge in [-0.1, -0.05) is 36.4 Å². The van der Waals surface area contributed by atoms with Crippen LogP contribution in [0.15, 0.2) is 66.9 Å². The first-order valence-corrected chi connectivity index (χ1v) is 8.01. The summed E-state index contributed by atoms with van der Waals surface area (Å²) in [7, 11) is 0. The molecule has 1 atom stereocenters. The van der Waals surface area contributed by atoms with E-state index >= 15 is 0 Å². The molecular formula is C20H17N3. The Labute approximate surface area is 135 Å². The molecule has 2 aromatic carbocycles. The second-order valence-corrected chi connectivity index (χ2v) is 6.19. The monoisotopic (exact) mass is 299 g/mol. The fraction of sp³-hybridized carbons (Fsp3) is 0.150. The highest BCUT2D eigenvalue weighted by molar-refractivity contribution is 5.89. The second-order valence-electron chi connectivity index (χ2n) is 6.19. The fourth-order valence-corrected chi connectivity index (χ4v) is 3.88. The van der Waals surface area contributed by atoms with Gasteiger partial charge in [0.25, 0.3) is 0 Å². The summed E-state index contributed by atoms with van der Waals surface area (Å²) >= 11 is 0. The lowest BCUT2D eigenvalue weighted by molar-refractivity contribution is 0.725. The number of rotatable bonds is 1. The third kappa shape index (κ3) is 1.67. The average molecular weight is 299 g/mol. The predicted octanol–water partition coefficient (Wildman–Crippen LogP) is 4.56. The van der Waals surface area contributed by atoms with Crippen LogP contribution in [0.25, 0.3) is 0 Å². The highest BCUT2D eigenvalue weighted by atomic mass is 15.5. The van der Waals surface area contributed by atoms with Crippen molar-refractivity contribution in [1.82, 2.24) is 4.98 Å². The maximum Gasteiger partial charge on any atom is 0.158 e. The Bertz CT molecular complexity index is 903. The normalized spacial score (nSPS) is 17.9. The number of pyridine rings is 1. The van der Waals surface area contributed by atoms with Crippen molar-refractivity contribution in [3.63, 3.8) is 0 Å². The van der Waals surface area contributed by atoms with Crippen molar-refractivity contribution in [2.24, 2.45) is 0 Å². The van der Waals surface area contributed by atoms with Crippen LogP contribution < -0.4 is 9.80 Å². The number of fused-ring (bicyclic) bond motifs is 5. The Kier molecular flexibility index (Phi) is 2.54. The number of para-hydroxylation sites is 2. The molecule has 0 amide bonds. The molecule has 3 heteroatoms. The molecule has 0 spiro atoms. The van der Waals surface area contributed by atoms with Crippen molar-refractivity contribution in [1.29, 1.82) is 0 Å². The molecule has 0 bridgehead atoms. The van der Waals surface area contributed by atoms with Crippen LogP contribution in [0.3, 0.4) is 0 Å². The van der Waals surface area contributed by atoms with E-state index in [0.717, 1.165) is 12.2 Å². The lowest BCUT2D eigenvalue weighted by atomic mass is 10.1. The van der Waals surface area contributed by atoms with Crippen molar-refractivity contribution in [2.45, 2.75) is 19.5 Å². The third-order valence-corrected chi connectivity index (χ3v) is 4.88. The first-order valence-electron chi connectivity index (χ1n) is 8.01. The number of nitrogens with zero attached hydrogens (tertiary/aromatic N) is 3. The standard InChI is InChI=1S/C20H17N3/c1-14-7-2-4-9-16(14)22-18-11-6-12-21-20(18)23-17-10-5-3-8-15(17)13-19(22)23/h2-12,19H,13H2,1H3. The van der Waals surface area contributed by atoms with E-state index in [1.165, 1.54) is 28.2 Å². The molecule has 0 saturated heterocycles. The van der Waals surface area contributed by atoms with Gasteiger partial charge in [-0.15, -0.1) is 0 Å². The number of benzene rings is 2. The van der Waals surface area contributed by atoms with Crippen LogP contribution in [0.2, 0.25) is 0 Å². The van der Waals surface area contributed by atoms with Crippen molar-refractivity contribution in [3.8, 4) is 0 Å². The molecule has 5 rings (SSSR count). The van der Waals surface area contributed by atoms with Gasteiger partial charge in [0.05, 0.1) is 5.69 Å². The Morgan fingerprint density at radius 2 is 1.57 bits per heavy atom. The van der Waals surface area contributed by atoms with Gasteiger partial charge in [-0.3, -0.25) is 0 Å². The molecule has 2 aliphatic rings. The topological polar surface area (TPSA) is 19.4 Å². The molecule has 3 aromatic rings. The van der Waals surface area contributed by atoms with Gasteiger partial charge in [-0.25, -0.2) is 4.98 Å². The number of anilines is 4. The molecule has 1 aromatic heterocycles. The molecular weight excluding hydrogens is 282 g/mol. The van der Waals surface area contributed by atoms with Crippen LogP contribution in [0, 0.1) is 6.92 Å². The quantitative estimate of drug-likeness (QED) is 0.656. The van der Waals surface area contributed by atoms with Gasteiger partial charge >= 0.3 is 0 Å². The van der Waals surface area contributed by atoms with Gasteiger partial charge in [0.1, 0.15) is 6.17 Å². The van der Waals surface area contributed by atoms with Gasteiger partial charge < -0.3 is 9.80 Å². The lowest BCUT2D eigenvalue weighted by Crippen LogP contribution is -2.36. The molecule has 3 heterocycles. The van der Waals surface area contributed by atoms with Crippen LogP contribution >= 0.6 is 0 Å². The number of hydrogen-bond donors (Lipinski definition) is 0. The van der Waals surface area contributed by atoms with Gasteiger partial charge in [0.15, 0.2) is 5.82 Å². The zero-order valence-electron chi connectivity index (χ0n) is 13.0. The maximum absolute atomic E-state index is 4.69. The first-order chi connectivity index (χ1) is 11.3. The lowest BCUT2D eigenvalue weighted by Gasteiger charge is -2.28. The van der Waals surface area contributed by atoms with Crippen LogP contribution in [0.5, 0.6) is 0 Å². The summed E-state index contributed by atoms with van der Waals surface area (Å²) < 4.78 is 0. The van der Waals surface area contributed by atoms with E-state index in [4.69, 9.17) is 4.98 Å². The molecule has 0 saturated carbocycles. The number of hydrogen-bond acceptors (Lipinski definition) is 3. The van der Waals surface area contributed by atoms with Gasteiger partial charge in [-0.2, -0.15) is 0 Å². The van der Waals surface area contributed by atoms with E-state index < -0.39 is 0 Å². The largest absolute Gasteiger partial charge is 0.316 e. The molecule has 2 aliphatic heterocycles. The summed E-state index contributed by atoms with van der Waals surface area (Å²) in [4.78, 5) is 9.52. The fourth-order valence-electron chi connectivity index (χ4n) is 3.88. The summed E-state index contributed by atoms with van der Waals surface area (Å²) in [5.41, 5.74) is 6.43. The SMILES string of the molecule is Cc1ccccc1N1c2cccnc2N2c3ccccc3CC12. The number of aryl methyl sites for hydroxylation is 1. The van der Waals surface area contributed by atoms with Gasteiger partial charge in [0.2, 0.25) is 0 Å². The van der Waals surface area contributed by atoms with E-state index in [-0.39, 0.29) is 6.17 Å². The van der Waals surface area contributed by atoms with Crippen LogP contribution in [-0.4, -0.2) is 11.1 Å². The van der Waals surface area contributed by atoms with E-state index in [1.807, 2.05) is 12.3 Å². The summed E-state index contributed by atoms with van der Waals surface area (Å²) in [5.74, 6) is 1.06. The minimum atomic E-state index is 0.276. The summed E-state index contributed by atoms with van der Waals surface area (Å²) in [6.07, 6.45) is 3.18. The van der Waals surface area contributed by atoms with Crippen LogP contribution in [-0.2, 0) is 6.42 Å². The zero-order valence-corrected chi connectivity index (χ0v) is 13.0. The summed E-state index contributed by atoms with van der Waals surface area (Å²) in [5, 5.41) is 0. The van der Waals surface area contributed by atoms with Crippen molar-refractivity contribution >= 4 is 22.9 Å². The second kappa shape index (κ2) is 4.59. The van der Waals surface area contributed by atoms with Gasteiger partial charge in [0, 0.05) is 24.0 Å². The smallest absolute Gasteiger partial charge is 0.158 e. The highest BCUT2D eigenvalue weighted by Crippen LogP contribution is 2.51. The highest BCUT2D eigenvalue weighted by Gasteiger charge is 2.43. The molecule has 1 unspecified atom stereocenters. The maximum atomic E-state index is 4.69. The molecule has 0 N–H and O–H groups in total. The average Bonchev–Trinajstić information content (AvgIpc) is 3.10. The molecule has 23 heavy (non-hydrogen) atoms. The predicted molar refractivity (Wildman–Crippen MR) is 93.6 cm³/mol. The van der Waals surface area contributed by atoms with E-state index in [0.29, 0.717) is 0 Å². The van der Waals surface area contributed by atoms with Crippen molar-refractivity contribution in [3.05, 3.63) is 78.0 Å². The van der Waals surface area contributed by atoms with E-state index in [2.05, 4.69) is 71.3 Å². The Morgan fingerprint density at radius 3 is 2.43 bits per heavy atom. The Balaban J connectivity index is 1.74. The minimum absolute atomic E-state index is 0.276. The van der Waals surface area contributed by atoms with Crippen molar-refractivity contribution < 1.29 is 0 Å². The zero-order chi connectivity index (χ0) is 15.4. The Morgan fingerprint density at radius 1 is 0.826 bits per heavy atom. The van der Waals surface area contributed by atoms with Gasteiger partial charge in [-0.05, 0) is 42.3 Å². The first kappa shape index (κ1) is 12.7. The minimum Gasteiger partial charge on any atom is -0.316 e. The Hall–Kier alpha value is -2.81. The number of aromatic nitrogens is 1. The van der Waals surface area contributed by atoms with Crippen LogP contribution in [0.1, 0.15) is 11.1 Å². The third-order valence-electron chi connectivity index (χ3n) is 4.88. The summed E-state index contributed by atoms with van der Waals surface area (Å²) in [6, 6.07) is 21.5. The molecule has 0 radical (unpaired) electrons. The van der Waals surface area contributed by atoms with E-state index in [1.54, 1.807) is 0 Å². The van der Waals surface area contributed by atoms with Crippen LogP contribution in [0.4, 0.5) is 22.9 Å².